The van der Waals surface area contributed by atoms with Crippen LogP contribution in [-0.2, 0) is 6.54 Å². The Hall–Kier alpha value is -3.20. The van der Waals surface area contributed by atoms with E-state index in [-0.39, 0.29) is 17.9 Å². The van der Waals surface area contributed by atoms with E-state index in [1.807, 2.05) is 54.4 Å². The number of nitrogens with two attached hydrogens (primary N) is 1. The number of benzene rings is 2. The predicted molar refractivity (Wildman–Crippen MR) is 150 cm³/mol. The van der Waals surface area contributed by atoms with Crippen molar-refractivity contribution in [2.75, 3.05) is 19.9 Å². The number of fused-ring (bicyclic) bond motifs is 1. The highest BCUT2D eigenvalue weighted by atomic mass is 35.5. The van der Waals surface area contributed by atoms with Gasteiger partial charge in [0.05, 0.1) is 12.1 Å². The highest BCUT2D eigenvalue weighted by Gasteiger charge is 2.32. The van der Waals surface area contributed by atoms with Gasteiger partial charge in [-0.2, -0.15) is 0 Å². The molecule has 0 radical (unpaired) electrons. The van der Waals surface area contributed by atoms with Gasteiger partial charge in [0.15, 0.2) is 0 Å². The Morgan fingerprint density at radius 2 is 1.86 bits per heavy atom. The number of ether oxygens (including phenoxy) is 1. The molecule has 1 fully saturated rings. The molecule has 2 aromatic heterocycles. The van der Waals surface area contributed by atoms with Crippen molar-refractivity contribution < 1.29 is 9.53 Å². The van der Waals surface area contributed by atoms with Crippen LogP contribution in [0.3, 0.4) is 0 Å². The van der Waals surface area contributed by atoms with Gasteiger partial charge in [-0.1, -0.05) is 35.9 Å². The SMILES string of the molecule is CNC1CCC(N(Cc2cc(-c3cnc(N)nc3)ccc2OC)C(=O)c2sc3ccccc3c2Cl)CC1. The molecule has 0 bridgehead atoms. The summed E-state index contributed by atoms with van der Waals surface area (Å²) in [5, 5.41) is 4.83. The Bertz CT molecular complexity index is 1400. The number of amides is 1. The Morgan fingerprint density at radius 3 is 2.54 bits per heavy atom. The third-order valence-electron chi connectivity index (χ3n) is 7.16. The van der Waals surface area contributed by atoms with Gasteiger partial charge in [-0.05, 0) is 56.5 Å². The summed E-state index contributed by atoms with van der Waals surface area (Å²) in [5.74, 6) is 0.915. The quantitative estimate of drug-likeness (QED) is 0.312. The fourth-order valence-corrected chi connectivity index (χ4v) is 6.55. The number of aromatic nitrogens is 2. The van der Waals surface area contributed by atoms with Crippen LogP contribution in [0.2, 0.25) is 5.02 Å². The van der Waals surface area contributed by atoms with Gasteiger partial charge in [0.2, 0.25) is 5.95 Å². The first-order valence-corrected chi connectivity index (χ1v) is 13.6. The van der Waals surface area contributed by atoms with Gasteiger partial charge in [-0.25, -0.2) is 9.97 Å². The minimum Gasteiger partial charge on any atom is -0.496 e. The van der Waals surface area contributed by atoms with E-state index >= 15 is 0 Å². The Kier molecular flexibility index (Phi) is 7.60. The van der Waals surface area contributed by atoms with Crippen LogP contribution in [0.1, 0.15) is 40.9 Å². The molecule has 3 N–H and O–H groups in total. The van der Waals surface area contributed by atoms with Crippen molar-refractivity contribution in [3.05, 3.63) is 70.3 Å². The highest BCUT2D eigenvalue weighted by molar-refractivity contribution is 7.21. The average molecular weight is 536 g/mol. The molecule has 1 aliphatic rings. The molecule has 1 saturated carbocycles. The zero-order valence-corrected chi connectivity index (χ0v) is 22.5. The fourth-order valence-electron chi connectivity index (χ4n) is 5.08. The number of nitrogen functional groups attached to an aromatic ring is 1. The van der Waals surface area contributed by atoms with Crippen LogP contribution in [0.4, 0.5) is 5.95 Å². The van der Waals surface area contributed by atoms with E-state index in [1.165, 1.54) is 11.3 Å². The minimum absolute atomic E-state index is 0.0395. The van der Waals surface area contributed by atoms with Gasteiger partial charge in [0.1, 0.15) is 10.6 Å². The number of carbonyl (C=O) groups excluding carboxylic acids is 1. The van der Waals surface area contributed by atoms with Gasteiger partial charge in [0.25, 0.3) is 5.91 Å². The van der Waals surface area contributed by atoms with E-state index in [0.29, 0.717) is 22.5 Å². The smallest absolute Gasteiger partial charge is 0.266 e. The molecule has 5 rings (SSSR count). The number of anilines is 1. The third-order valence-corrected chi connectivity index (χ3v) is 8.83. The first-order chi connectivity index (χ1) is 18.0. The van der Waals surface area contributed by atoms with Crippen molar-refractivity contribution in [2.45, 2.75) is 44.3 Å². The molecule has 4 aromatic rings. The monoisotopic (exact) mass is 535 g/mol. The van der Waals surface area contributed by atoms with E-state index in [4.69, 9.17) is 22.1 Å². The van der Waals surface area contributed by atoms with Crippen molar-refractivity contribution in [1.29, 1.82) is 0 Å². The molecule has 0 unspecified atom stereocenters. The van der Waals surface area contributed by atoms with Crippen LogP contribution >= 0.6 is 22.9 Å². The van der Waals surface area contributed by atoms with Crippen LogP contribution in [-0.4, -0.2) is 47.0 Å². The number of nitrogens with zero attached hydrogens (tertiary/aromatic N) is 3. The number of halogens is 1. The summed E-state index contributed by atoms with van der Waals surface area (Å²) in [7, 11) is 3.65. The van der Waals surface area contributed by atoms with Crippen LogP contribution in [0.15, 0.2) is 54.9 Å². The van der Waals surface area contributed by atoms with Crippen molar-refractivity contribution in [2.24, 2.45) is 0 Å². The lowest BCUT2D eigenvalue weighted by molar-refractivity contribution is 0.0604. The van der Waals surface area contributed by atoms with Gasteiger partial charge in [-0.3, -0.25) is 4.79 Å². The number of carbonyl (C=O) groups is 1. The Morgan fingerprint density at radius 1 is 1.14 bits per heavy atom. The molecule has 7 nitrogen and oxygen atoms in total. The van der Waals surface area contributed by atoms with Gasteiger partial charge in [-0.15, -0.1) is 11.3 Å². The number of hydrogen-bond donors (Lipinski definition) is 2. The molecule has 37 heavy (non-hydrogen) atoms. The second-order valence-corrected chi connectivity index (χ2v) is 10.8. The molecule has 0 aliphatic heterocycles. The van der Waals surface area contributed by atoms with Gasteiger partial charge in [0, 0.05) is 52.2 Å². The first kappa shape index (κ1) is 25.4. The van der Waals surface area contributed by atoms with E-state index in [9.17, 15) is 4.79 Å². The molecule has 9 heteroatoms. The molecule has 1 aliphatic carbocycles. The second-order valence-electron chi connectivity index (χ2n) is 9.33. The number of thiophene rings is 1. The molecular weight excluding hydrogens is 506 g/mol. The molecule has 0 saturated heterocycles. The number of nitrogens with one attached hydrogen (secondary N) is 1. The fraction of sp³-hybridized carbons (Fsp3) is 0.321. The Labute approximate surface area is 225 Å². The van der Waals surface area contributed by atoms with Crippen LogP contribution in [0, 0.1) is 0 Å². The normalized spacial score (nSPS) is 17.6. The van der Waals surface area contributed by atoms with E-state index < -0.39 is 0 Å². The minimum atomic E-state index is -0.0395. The van der Waals surface area contributed by atoms with Crippen LogP contribution < -0.4 is 15.8 Å². The Balaban J connectivity index is 1.52. The van der Waals surface area contributed by atoms with Gasteiger partial charge < -0.3 is 20.7 Å². The molecule has 2 heterocycles. The standard InChI is InChI=1S/C28H30ClN5O2S/c1-31-20-8-10-21(11-9-20)34(27(35)26-25(29)22-5-3-4-6-24(22)37-26)16-18-13-17(7-12-23(18)36-2)19-14-32-28(30)33-15-19/h3-7,12-15,20-21,31H,8-11,16H2,1-2H3,(H2,30,32,33). The average Bonchev–Trinajstić information content (AvgIpc) is 3.28. The van der Waals surface area contributed by atoms with Crippen molar-refractivity contribution in [3.8, 4) is 16.9 Å². The van der Waals surface area contributed by atoms with Gasteiger partial charge >= 0.3 is 0 Å². The lowest BCUT2D eigenvalue weighted by Crippen LogP contribution is -2.44. The molecule has 0 spiro atoms. The van der Waals surface area contributed by atoms with Crippen molar-refractivity contribution in [1.82, 2.24) is 20.2 Å². The van der Waals surface area contributed by atoms with Crippen molar-refractivity contribution in [3.63, 3.8) is 0 Å². The molecule has 2 aromatic carbocycles. The largest absolute Gasteiger partial charge is 0.496 e. The zero-order valence-electron chi connectivity index (χ0n) is 20.9. The molecule has 0 atom stereocenters. The molecule has 1 amide bonds. The number of methoxy groups -OCH3 is 1. The summed E-state index contributed by atoms with van der Waals surface area (Å²) in [6.07, 6.45) is 7.29. The lowest BCUT2D eigenvalue weighted by Gasteiger charge is -2.37. The van der Waals surface area contributed by atoms with Crippen LogP contribution in [0.5, 0.6) is 5.75 Å². The molecular formula is C28H30ClN5O2S. The summed E-state index contributed by atoms with van der Waals surface area (Å²) in [6.45, 7) is 0.408. The summed E-state index contributed by atoms with van der Waals surface area (Å²) >= 11 is 8.22. The zero-order chi connectivity index (χ0) is 25.9. The highest BCUT2D eigenvalue weighted by Crippen LogP contribution is 2.38. The molecule has 192 valence electrons. The van der Waals surface area contributed by atoms with E-state index in [1.54, 1.807) is 19.5 Å². The number of rotatable bonds is 7. The summed E-state index contributed by atoms with van der Waals surface area (Å²) in [5.41, 5.74) is 8.37. The van der Waals surface area contributed by atoms with Crippen LogP contribution in [0.25, 0.3) is 21.2 Å². The summed E-state index contributed by atoms with van der Waals surface area (Å²) in [4.78, 5) is 25.0. The summed E-state index contributed by atoms with van der Waals surface area (Å²) in [6, 6.07) is 14.4. The topological polar surface area (TPSA) is 93.4 Å². The second kappa shape index (κ2) is 11.0. The predicted octanol–water partition coefficient (Wildman–Crippen LogP) is 5.78. The third kappa shape index (κ3) is 5.28. The number of hydrogen-bond acceptors (Lipinski definition) is 7. The maximum atomic E-state index is 14.1. The maximum absolute atomic E-state index is 14.1. The van der Waals surface area contributed by atoms with Crippen molar-refractivity contribution >= 4 is 44.9 Å². The first-order valence-electron chi connectivity index (χ1n) is 12.4. The van der Waals surface area contributed by atoms with E-state index in [0.717, 1.165) is 58.2 Å². The summed E-state index contributed by atoms with van der Waals surface area (Å²) < 4.78 is 6.72. The van der Waals surface area contributed by atoms with E-state index in [2.05, 4.69) is 15.3 Å². The maximum Gasteiger partial charge on any atom is 0.266 e. The lowest BCUT2D eigenvalue weighted by atomic mass is 9.89.